The minimum absolute atomic E-state index is 0.0843. The lowest BCUT2D eigenvalue weighted by molar-refractivity contribution is 1.18. The smallest absolute Gasteiger partial charge is 0.0645 e. The van der Waals surface area contributed by atoms with E-state index in [1.807, 2.05) is 97.1 Å². The van der Waals surface area contributed by atoms with Crippen molar-refractivity contribution in [1.82, 2.24) is 9.13 Å². The first-order valence-electron chi connectivity index (χ1n) is 24.3. The van der Waals surface area contributed by atoms with Crippen LogP contribution in [0.1, 0.15) is 9.60 Å². The number of benzene rings is 10. The minimum Gasteiger partial charge on any atom is -0.309 e. The van der Waals surface area contributed by atoms with E-state index < -0.39 is 12.1 Å². The van der Waals surface area contributed by atoms with Gasteiger partial charge in [0.15, 0.2) is 0 Å². The van der Waals surface area contributed by atoms with Crippen LogP contribution in [0.5, 0.6) is 0 Å². The van der Waals surface area contributed by atoms with Crippen LogP contribution < -0.4 is 0 Å². The van der Waals surface area contributed by atoms with Crippen molar-refractivity contribution in [2.75, 3.05) is 0 Å². The van der Waals surface area contributed by atoms with E-state index in [4.69, 9.17) is 2.74 Å². The highest BCUT2D eigenvalue weighted by atomic mass is 15.0. The molecule has 10 aromatic carbocycles. The van der Waals surface area contributed by atoms with Gasteiger partial charge in [-0.3, -0.25) is 0 Å². The molecular weight excluding hydrogens is 749 g/mol. The molecule has 0 amide bonds. The highest BCUT2D eigenvalue weighted by Crippen LogP contribution is 2.42. The van der Waals surface area contributed by atoms with Gasteiger partial charge in [-0.15, -0.1) is 0 Å². The quantitative estimate of drug-likeness (QED) is 0.152. The third kappa shape index (κ3) is 6.04. The first-order chi connectivity index (χ1) is 33.7. The summed E-state index contributed by atoms with van der Waals surface area (Å²) < 4.78 is 69.1. The van der Waals surface area contributed by atoms with Gasteiger partial charge in [0.05, 0.1) is 31.7 Å². The van der Waals surface area contributed by atoms with Gasteiger partial charge in [-0.05, 0) is 122 Å². The van der Waals surface area contributed by atoms with Crippen LogP contribution in [0.15, 0.2) is 242 Å². The molecule has 0 aliphatic rings. The molecule has 2 nitrogen and oxygen atoms in total. The molecular formula is C60H40N2. The second-order valence-corrected chi connectivity index (χ2v) is 15.6. The molecule has 290 valence electrons. The minimum atomic E-state index is -0.426. The average Bonchev–Trinajstić information content (AvgIpc) is 3.94. The standard InChI is InChI=1S/C60H40N2/c1-4-14-41(15-5-1)43-26-32-50(33-27-43)61-56-24-11-10-22-53(56)54-39-48(30-36-57(54)61)49-31-37-58-55(40-49)60-52(45-18-8-3-9-19-45)23-13-25-59(60)62(58)51-34-28-44(29-35-51)47-21-12-20-46(38-47)42-16-6-2-7-17-42/h1-40H/i10D,11D,22D,24D,30D,36D,39D. The maximum absolute atomic E-state index is 9.98. The van der Waals surface area contributed by atoms with Crippen LogP contribution in [-0.4, -0.2) is 9.13 Å². The summed E-state index contributed by atoms with van der Waals surface area (Å²) in [6, 6.07) is 65.6. The molecule has 0 fully saturated rings. The highest BCUT2D eigenvalue weighted by molar-refractivity contribution is 6.17. The lowest BCUT2D eigenvalue weighted by atomic mass is 9.97. The normalized spacial score (nSPS) is 13.1. The number of hydrogen-bond acceptors (Lipinski definition) is 0. The molecule has 2 heteroatoms. The Balaban J connectivity index is 1.07. The van der Waals surface area contributed by atoms with Crippen LogP contribution in [-0.2, 0) is 0 Å². The molecule has 0 aliphatic heterocycles. The molecule has 0 spiro atoms. The lowest BCUT2D eigenvalue weighted by Crippen LogP contribution is -1.94. The number of fused-ring (bicyclic) bond motifs is 6. The lowest BCUT2D eigenvalue weighted by Gasteiger charge is -2.11. The topological polar surface area (TPSA) is 9.86 Å². The number of rotatable bonds is 7. The average molecular weight is 796 g/mol. The second kappa shape index (κ2) is 14.8. The molecule has 0 aliphatic carbocycles. The van der Waals surface area contributed by atoms with Crippen molar-refractivity contribution in [1.29, 1.82) is 0 Å². The summed E-state index contributed by atoms with van der Waals surface area (Å²) >= 11 is 0. The predicted molar refractivity (Wildman–Crippen MR) is 262 cm³/mol. The van der Waals surface area contributed by atoms with Crippen molar-refractivity contribution in [2.45, 2.75) is 0 Å². The summed E-state index contributed by atoms with van der Waals surface area (Å²) in [4.78, 5) is 0. The van der Waals surface area contributed by atoms with Crippen molar-refractivity contribution < 1.29 is 9.60 Å². The third-order valence-corrected chi connectivity index (χ3v) is 12.0. The molecule has 12 rings (SSSR count). The Morgan fingerprint density at radius 2 is 0.790 bits per heavy atom. The van der Waals surface area contributed by atoms with E-state index in [0.29, 0.717) is 11.3 Å². The maximum atomic E-state index is 9.98. The fraction of sp³-hybridized carbons (Fsp3) is 0. The van der Waals surface area contributed by atoms with Gasteiger partial charge >= 0.3 is 0 Å². The zero-order valence-corrected chi connectivity index (χ0v) is 33.4. The zero-order valence-electron chi connectivity index (χ0n) is 40.4. The molecule has 12 aromatic rings. The fourth-order valence-electron chi connectivity index (χ4n) is 9.03. The van der Waals surface area contributed by atoms with Gasteiger partial charge in [-0.1, -0.05) is 176 Å². The summed E-state index contributed by atoms with van der Waals surface area (Å²) in [5, 5.41) is 2.23. The highest BCUT2D eigenvalue weighted by Gasteiger charge is 2.19. The van der Waals surface area contributed by atoms with Crippen LogP contribution in [0.25, 0.3) is 111 Å². The van der Waals surface area contributed by atoms with Crippen LogP contribution in [0.2, 0.25) is 0 Å². The molecule has 0 N–H and O–H groups in total. The Hall–Kier alpha value is -8.20. The number of aromatic nitrogens is 2. The van der Waals surface area contributed by atoms with Crippen molar-refractivity contribution in [3.63, 3.8) is 0 Å². The fourth-order valence-corrected chi connectivity index (χ4v) is 9.03. The van der Waals surface area contributed by atoms with Crippen LogP contribution >= 0.6 is 0 Å². The second-order valence-electron chi connectivity index (χ2n) is 15.6. The Labute approximate surface area is 370 Å². The van der Waals surface area contributed by atoms with Crippen LogP contribution in [0.4, 0.5) is 0 Å². The SMILES string of the molecule is [2H]c1c([2H])c([2H])c2c(c1[2H])c1c([2H])c(-c3ccc4c(c3)c3c(-c5ccccc5)cccc3n4-c3ccc(-c4cccc(-c5ccccc5)c4)cc3)c([2H])c([2H])c1n2-c1ccc(-c2ccccc2)cc1. The zero-order chi connectivity index (χ0) is 47.1. The summed E-state index contributed by atoms with van der Waals surface area (Å²) in [7, 11) is 0. The number of nitrogens with zero attached hydrogens (tertiary/aromatic N) is 2. The molecule has 2 heterocycles. The molecule has 0 saturated heterocycles. The molecule has 0 bridgehead atoms. The van der Waals surface area contributed by atoms with Gasteiger partial charge in [-0.25, -0.2) is 0 Å². The molecule has 2 aromatic heterocycles. The van der Waals surface area contributed by atoms with Crippen molar-refractivity contribution in [3.05, 3.63) is 242 Å². The number of para-hydroxylation sites is 1. The van der Waals surface area contributed by atoms with Gasteiger partial charge < -0.3 is 9.13 Å². The van der Waals surface area contributed by atoms with E-state index >= 15 is 0 Å². The van der Waals surface area contributed by atoms with E-state index in [9.17, 15) is 6.85 Å². The predicted octanol–water partition coefficient (Wildman–Crippen LogP) is 16.2. The summed E-state index contributed by atoms with van der Waals surface area (Å²) in [5.74, 6) is 0. The molecule has 62 heavy (non-hydrogen) atoms. The van der Waals surface area contributed by atoms with Crippen LogP contribution in [0, 0.1) is 0 Å². The Morgan fingerprint density at radius 3 is 1.47 bits per heavy atom. The Morgan fingerprint density at radius 1 is 0.290 bits per heavy atom. The van der Waals surface area contributed by atoms with E-state index in [0.717, 1.165) is 72.0 Å². The van der Waals surface area contributed by atoms with E-state index in [2.05, 4.69) is 108 Å². The van der Waals surface area contributed by atoms with Gasteiger partial charge in [0.25, 0.3) is 0 Å². The van der Waals surface area contributed by atoms with E-state index in [1.54, 1.807) is 4.57 Å². The van der Waals surface area contributed by atoms with E-state index in [-0.39, 0.29) is 57.6 Å². The monoisotopic (exact) mass is 795 g/mol. The number of hydrogen-bond donors (Lipinski definition) is 0. The molecule has 0 unspecified atom stereocenters. The van der Waals surface area contributed by atoms with Crippen molar-refractivity contribution in [2.24, 2.45) is 0 Å². The van der Waals surface area contributed by atoms with Crippen LogP contribution in [0.3, 0.4) is 0 Å². The molecule has 0 atom stereocenters. The summed E-state index contributed by atoms with van der Waals surface area (Å²) in [6.45, 7) is 0. The van der Waals surface area contributed by atoms with E-state index in [1.165, 1.54) is 0 Å². The molecule has 0 radical (unpaired) electrons. The third-order valence-electron chi connectivity index (χ3n) is 12.0. The van der Waals surface area contributed by atoms with Gasteiger partial charge in [0, 0.05) is 32.9 Å². The first kappa shape index (κ1) is 29.1. The largest absolute Gasteiger partial charge is 0.309 e. The summed E-state index contributed by atoms with van der Waals surface area (Å²) in [6.07, 6.45) is 0. The van der Waals surface area contributed by atoms with Gasteiger partial charge in [0.1, 0.15) is 0 Å². The van der Waals surface area contributed by atoms with Gasteiger partial charge in [0.2, 0.25) is 0 Å². The van der Waals surface area contributed by atoms with Crippen molar-refractivity contribution >= 4 is 43.6 Å². The maximum Gasteiger partial charge on any atom is 0.0645 e. The Bertz CT molecular complexity index is 3990. The van der Waals surface area contributed by atoms with Gasteiger partial charge in [-0.2, -0.15) is 0 Å². The Kier molecular flexibility index (Phi) is 6.95. The first-order valence-corrected chi connectivity index (χ1v) is 20.8. The molecule has 0 saturated carbocycles. The van der Waals surface area contributed by atoms with Crippen molar-refractivity contribution in [3.8, 4) is 67.0 Å². The summed E-state index contributed by atoms with van der Waals surface area (Å²) in [5.41, 5.74) is 13.1.